The van der Waals surface area contributed by atoms with Gasteiger partial charge in [0.25, 0.3) is 5.91 Å². The van der Waals surface area contributed by atoms with Gasteiger partial charge in [-0.1, -0.05) is 37.3 Å². The van der Waals surface area contributed by atoms with Crippen molar-refractivity contribution in [3.63, 3.8) is 0 Å². The predicted octanol–water partition coefficient (Wildman–Crippen LogP) is 4.88. The van der Waals surface area contributed by atoms with Crippen LogP contribution in [0.15, 0.2) is 52.4 Å². The van der Waals surface area contributed by atoms with Gasteiger partial charge in [0.05, 0.1) is 11.3 Å². The Morgan fingerprint density at radius 3 is 2.77 bits per heavy atom. The molecule has 0 aliphatic carbocycles. The van der Waals surface area contributed by atoms with Gasteiger partial charge in [0.15, 0.2) is 4.80 Å². The van der Waals surface area contributed by atoms with E-state index in [-0.39, 0.29) is 5.91 Å². The van der Waals surface area contributed by atoms with Gasteiger partial charge in [-0.05, 0) is 37.3 Å². The molecule has 0 unspecified atom stereocenters. The van der Waals surface area contributed by atoms with Crippen LogP contribution in [-0.2, 0) is 7.05 Å². The number of para-hydroxylation sites is 1. The summed E-state index contributed by atoms with van der Waals surface area (Å²) in [5.74, 6) is 0.587. The van der Waals surface area contributed by atoms with Crippen molar-refractivity contribution in [2.24, 2.45) is 12.0 Å². The lowest BCUT2D eigenvalue weighted by Gasteiger charge is -2.06. The molecular formula is C20H22N2O2S2. The average molecular weight is 387 g/mol. The monoisotopic (exact) mass is 386 g/mol. The van der Waals surface area contributed by atoms with Crippen molar-refractivity contribution < 1.29 is 9.53 Å². The molecule has 0 N–H and O–H groups in total. The maximum atomic E-state index is 12.7. The van der Waals surface area contributed by atoms with E-state index in [0.29, 0.717) is 22.2 Å². The second-order valence-corrected chi connectivity index (χ2v) is 8.75. The molecule has 0 spiro atoms. The molecule has 6 heteroatoms. The van der Waals surface area contributed by atoms with Gasteiger partial charge in [-0.25, -0.2) is 0 Å². The maximum Gasteiger partial charge on any atom is 0.279 e. The largest absolute Gasteiger partial charge is 0.492 e. The minimum atomic E-state index is -0.226. The third-order valence-electron chi connectivity index (χ3n) is 3.74. The summed E-state index contributed by atoms with van der Waals surface area (Å²) in [6.07, 6.45) is 0. The minimum Gasteiger partial charge on any atom is -0.492 e. The van der Waals surface area contributed by atoms with Gasteiger partial charge < -0.3 is 9.30 Å². The number of ether oxygens (including phenoxy) is 1. The molecule has 136 valence electrons. The summed E-state index contributed by atoms with van der Waals surface area (Å²) in [6, 6.07) is 13.6. The Bertz CT molecular complexity index is 1000. The number of aryl methyl sites for hydroxylation is 1. The highest BCUT2D eigenvalue weighted by molar-refractivity contribution is 7.99. The van der Waals surface area contributed by atoms with Gasteiger partial charge in [-0.3, -0.25) is 4.79 Å². The van der Waals surface area contributed by atoms with Crippen molar-refractivity contribution in [2.75, 3.05) is 6.61 Å². The predicted molar refractivity (Wildman–Crippen MR) is 109 cm³/mol. The number of nitrogens with zero attached hydrogens (tertiary/aromatic N) is 2. The van der Waals surface area contributed by atoms with Crippen molar-refractivity contribution in [2.45, 2.75) is 30.9 Å². The molecule has 26 heavy (non-hydrogen) atoms. The summed E-state index contributed by atoms with van der Waals surface area (Å²) in [5, 5.41) is 0.467. The fourth-order valence-corrected chi connectivity index (χ4v) is 4.60. The van der Waals surface area contributed by atoms with Gasteiger partial charge in [0.2, 0.25) is 0 Å². The van der Waals surface area contributed by atoms with Crippen LogP contribution < -0.4 is 9.54 Å². The maximum absolute atomic E-state index is 12.7. The number of amides is 1. The van der Waals surface area contributed by atoms with Crippen LogP contribution in [0.5, 0.6) is 5.75 Å². The van der Waals surface area contributed by atoms with Gasteiger partial charge in [-0.15, -0.1) is 11.8 Å². The zero-order chi connectivity index (χ0) is 18.7. The lowest BCUT2D eigenvalue weighted by atomic mass is 10.2. The molecule has 0 bridgehead atoms. The Balaban J connectivity index is 2.01. The Labute approximate surface area is 161 Å². The van der Waals surface area contributed by atoms with E-state index in [9.17, 15) is 4.79 Å². The van der Waals surface area contributed by atoms with E-state index in [1.165, 1.54) is 11.3 Å². The van der Waals surface area contributed by atoms with Gasteiger partial charge in [0.1, 0.15) is 11.3 Å². The molecule has 1 aromatic heterocycles. The number of thioether (sulfide) groups is 1. The Morgan fingerprint density at radius 1 is 1.27 bits per heavy atom. The summed E-state index contributed by atoms with van der Waals surface area (Å²) in [7, 11) is 1.92. The third kappa shape index (κ3) is 4.02. The summed E-state index contributed by atoms with van der Waals surface area (Å²) in [4.78, 5) is 18.8. The van der Waals surface area contributed by atoms with Crippen LogP contribution in [0.25, 0.3) is 10.2 Å². The molecule has 0 saturated heterocycles. The highest BCUT2D eigenvalue weighted by Gasteiger charge is 2.11. The van der Waals surface area contributed by atoms with Gasteiger partial charge in [0, 0.05) is 22.8 Å². The standard InChI is InChI=1S/C20H22N2O2S2/c1-5-24-16-10-7-11-17-18(16)22(4)20(26-17)21-19(23)14-8-6-9-15(12-14)25-13(2)3/h6-13H,5H2,1-4H3. The fourth-order valence-electron chi connectivity index (χ4n) is 2.67. The first-order valence-electron chi connectivity index (χ1n) is 8.56. The van der Waals surface area contributed by atoms with Gasteiger partial charge >= 0.3 is 0 Å². The van der Waals surface area contributed by atoms with E-state index in [2.05, 4.69) is 18.8 Å². The molecule has 0 radical (unpaired) electrons. The highest BCUT2D eigenvalue weighted by Crippen LogP contribution is 2.27. The zero-order valence-corrected chi connectivity index (χ0v) is 17.0. The molecule has 0 aliphatic heterocycles. The number of carbonyl (C=O) groups excluding carboxylic acids is 1. The second-order valence-electron chi connectivity index (χ2n) is 6.09. The van der Waals surface area contributed by atoms with Crippen LogP contribution in [0, 0.1) is 0 Å². The quantitative estimate of drug-likeness (QED) is 0.587. The van der Waals surface area contributed by atoms with Crippen LogP contribution in [0.3, 0.4) is 0 Å². The Hall–Kier alpha value is -2.05. The van der Waals surface area contributed by atoms with E-state index < -0.39 is 0 Å². The molecule has 4 nitrogen and oxygen atoms in total. The lowest BCUT2D eigenvalue weighted by Crippen LogP contribution is -2.13. The molecule has 3 rings (SSSR count). The smallest absolute Gasteiger partial charge is 0.279 e. The molecule has 1 amide bonds. The number of rotatable bonds is 5. The van der Waals surface area contributed by atoms with Crippen molar-refractivity contribution in [3.8, 4) is 5.75 Å². The van der Waals surface area contributed by atoms with E-state index in [0.717, 1.165) is 20.9 Å². The molecule has 0 atom stereocenters. The Morgan fingerprint density at radius 2 is 2.04 bits per heavy atom. The van der Waals surface area contributed by atoms with Crippen LogP contribution in [-0.4, -0.2) is 22.3 Å². The number of hydrogen-bond acceptors (Lipinski definition) is 4. The SMILES string of the molecule is CCOc1cccc2sc(=NC(=O)c3cccc(SC(C)C)c3)n(C)c12. The van der Waals surface area contributed by atoms with E-state index in [4.69, 9.17) is 4.74 Å². The average Bonchev–Trinajstić information content (AvgIpc) is 2.92. The molecule has 1 heterocycles. The minimum absolute atomic E-state index is 0.226. The van der Waals surface area contributed by atoms with Crippen molar-refractivity contribution in [3.05, 3.63) is 52.8 Å². The number of fused-ring (bicyclic) bond motifs is 1. The van der Waals surface area contributed by atoms with Crippen molar-refractivity contribution in [1.29, 1.82) is 0 Å². The third-order valence-corrected chi connectivity index (χ3v) is 5.83. The van der Waals surface area contributed by atoms with Crippen LogP contribution in [0.1, 0.15) is 31.1 Å². The second kappa shape index (κ2) is 8.10. The first-order chi connectivity index (χ1) is 12.5. The Kier molecular flexibility index (Phi) is 5.84. The molecule has 0 saturated carbocycles. The van der Waals surface area contributed by atoms with Crippen LogP contribution in [0.2, 0.25) is 0 Å². The highest BCUT2D eigenvalue weighted by atomic mass is 32.2. The number of thiazole rings is 1. The fraction of sp³-hybridized carbons (Fsp3) is 0.300. The first kappa shape index (κ1) is 18.7. The lowest BCUT2D eigenvalue weighted by molar-refractivity contribution is 0.0997. The van der Waals surface area contributed by atoms with Crippen LogP contribution in [0.4, 0.5) is 0 Å². The molecule has 3 aromatic rings. The van der Waals surface area contributed by atoms with E-state index >= 15 is 0 Å². The van der Waals surface area contributed by atoms with Crippen molar-refractivity contribution >= 4 is 39.2 Å². The summed E-state index contributed by atoms with van der Waals surface area (Å²) >= 11 is 3.23. The zero-order valence-electron chi connectivity index (χ0n) is 15.4. The summed E-state index contributed by atoms with van der Waals surface area (Å²) in [5.41, 5.74) is 1.58. The number of hydrogen-bond donors (Lipinski definition) is 0. The number of aromatic nitrogens is 1. The van der Waals surface area contributed by atoms with E-state index in [1.807, 2.05) is 61.0 Å². The first-order valence-corrected chi connectivity index (χ1v) is 10.3. The normalized spacial score (nSPS) is 12.1. The van der Waals surface area contributed by atoms with Gasteiger partial charge in [-0.2, -0.15) is 4.99 Å². The molecule has 2 aromatic carbocycles. The van der Waals surface area contributed by atoms with Crippen LogP contribution >= 0.6 is 23.1 Å². The molecule has 0 aliphatic rings. The topological polar surface area (TPSA) is 43.6 Å². The molecule has 0 fully saturated rings. The summed E-state index contributed by atoms with van der Waals surface area (Å²) in [6.45, 7) is 6.83. The van der Waals surface area contributed by atoms with Crippen molar-refractivity contribution in [1.82, 2.24) is 4.57 Å². The van der Waals surface area contributed by atoms with E-state index in [1.54, 1.807) is 11.8 Å². The number of benzene rings is 2. The number of carbonyl (C=O) groups is 1. The molecular weight excluding hydrogens is 364 g/mol. The summed E-state index contributed by atoms with van der Waals surface area (Å²) < 4.78 is 8.69.